The number of thiazole rings is 1. The highest BCUT2D eigenvalue weighted by molar-refractivity contribution is 14.1. The standard InChI is InChI=1S/C18H15IN2O3S/c1-23-14-7-4-8-15-16(14)20-18(25-15)21-9-11(10-21)24-17(22)12-5-2-3-6-13(12)19/h2-8,11H,9-10H2,1H3. The Balaban J connectivity index is 1.42. The molecule has 25 heavy (non-hydrogen) atoms. The SMILES string of the molecule is COc1cccc2sc(N3CC(OC(=O)c4ccccc4I)C3)nc12. The van der Waals surface area contributed by atoms with Crippen molar-refractivity contribution in [3.63, 3.8) is 0 Å². The summed E-state index contributed by atoms with van der Waals surface area (Å²) in [5.41, 5.74) is 1.50. The zero-order valence-electron chi connectivity index (χ0n) is 13.4. The summed E-state index contributed by atoms with van der Waals surface area (Å²) in [6.07, 6.45) is -0.0996. The Kier molecular flexibility index (Phi) is 4.51. The van der Waals surface area contributed by atoms with Crippen molar-refractivity contribution in [1.29, 1.82) is 0 Å². The van der Waals surface area contributed by atoms with Crippen LogP contribution < -0.4 is 9.64 Å². The predicted molar refractivity (Wildman–Crippen MR) is 107 cm³/mol. The molecule has 1 saturated heterocycles. The lowest BCUT2D eigenvalue weighted by Gasteiger charge is -2.38. The molecule has 1 aromatic heterocycles. The number of anilines is 1. The van der Waals surface area contributed by atoms with Gasteiger partial charge in [-0.05, 0) is 46.9 Å². The zero-order valence-corrected chi connectivity index (χ0v) is 16.4. The molecule has 0 spiro atoms. The number of nitrogens with zero attached hydrogens (tertiary/aromatic N) is 2. The number of ether oxygens (including phenoxy) is 2. The van der Waals surface area contributed by atoms with Crippen LogP contribution >= 0.6 is 33.9 Å². The summed E-state index contributed by atoms with van der Waals surface area (Å²) in [6.45, 7) is 1.33. The molecule has 128 valence electrons. The summed E-state index contributed by atoms with van der Waals surface area (Å²) in [5, 5.41) is 0.932. The molecule has 0 radical (unpaired) electrons. The van der Waals surface area contributed by atoms with E-state index in [0.29, 0.717) is 18.7 Å². The minimum Gasteiger partial charge on any atom is -0.494 e. The molecule has 1 fully saturated rings. The number of halogens is 1. The molecule has 0 saturated carbocycles. The largest absolute Gasteiger partial charge is 0.494 e. The number of fused-ring (bicyclic) bond motifs is 1. The number of para-hydroxylation sites is 1. The van der Waals surface area contributed by atoms with Crippen molar-refractivity contribution in [2.45, 2.75) is 6.10 Å². The normalized spacial score (nSPS) is 14.4. The maximum absolute atomic E-state index is 12.3. The summed E-state index contributed by atoms with van der Waals surface area (Å²) in [4.78, 5) is 19.1. The number of methoxy groups -OCH3 is 1. The highest BCUT2D eigenvalue weighted by Crippen LogP contribution is 2.36. The summed E-state index contributed by atoms with van der Waals surface area (Å²) < 4.78 is 12.9. The molecule has 1 aliphatic heterocycles. The second kappa shape index (κ2) is 6.80. The molecule has 5 nitrogen and oxygen atoms in total. The number of carbonyl (C=O) groups is 1. The average molecular weight is 466 g/mol. The van der Waals surface area contributed by atoms with Gasteiger partial charge < -0.3 is 14.4 Å². The summed E-state index contributed by atoms with van der Waals surface area (Å²) >= 11 is 3.77. The maximum Gasteiger partial charge on any atom is 0.339 e. The number of aromatic nitrogens is 1. The first-order valence-corrected chi connectivity index (χ1v) is 9.69. The Morgan fingerprint density at radius 3 is 2.80 bits per heavy atom. The number of benzene rings is 2. The minimum atomic E-state index is -0.263. The van der Waals surface area contributed by atoms with Crippen molar-refractivity contribution < 1.29 is 14.3 Å². The molecule has 0 amide bonds. The van der Waals surface area contributed by atoms with E-state index in [2.05, 4.69) is 32.5 Å². The van der Waals surface area contributed by atoms with E-state index >= 15 is 0 Å². The molecule has 2 heterocycles. The van der Waals surface area contributed by atoms with Gasteiger partial charge in [0.1, 0.15) is 17.4 Å². The van der Waals surface area contributed by atoms with Gasteiger partial charge in [-0.1, -0.05) is 29.5 Å². The highest BCUT2D eigenvalue weighted by atomic mass is 127. The van der Waals surface area contributed by atoms with Gasteiger partial charge in [-0.25, -0.2) is 9.78 Å². The van der Waals surface area contributed by atoms with Gasteiger partial charge in [0.15, 0.2) is 5.13 Å². The molecule has 3 aromatic rings. The van der Waals surface area contributed by atoms with Gasteiger partial charge in [-0.2, -0.15) is 0 Å². The number of carbonyl (C=O) groups excluding carboxylic acids is 1. The van der Waals surface area contributed by atoms with Crippen LogP contribution in [-0.2, 0) is 4.74 Å². The quantitative estimate of drug-likeness (QED) is 0.431. The van der Waals surface area contributed by atoms with Gasteiger partial charge in [0.25, 0.3) is 0 Å². The molecule has 4 rings (SSSR count). The second-order valence-electron chi connectivity index (χ2n) is 5.72. The molecule has 0 N–H and O–H groups in total. The van der Waals surface area contributed by atoms with Gasteiger partial charge in [0.05, 0.1) is 30.5 Å². The number of rotatable bonds is 4. The van der Waals surface area contributed by atoms with Crippen LogP contribution in [0.25, 0.3) is 10.2 Å². The monoisotopic (exact) mass is 466 g/mol. The van der Waals surface area contributed by atoms with E-state index in [4.69, 9.17) is 9.47 Å². The Labute approximate surface area is 162 Å². The third-order valence-corrected chi connectivity index (χ3v) is 6.10. The summed E-state index contributed by atoms with van der Waals surface area (Å²) in [7, 11) is 1.65. The molecule has 7 heteroatoms. The molecule has 0 bridgehead atoms. The van der Waals surface area contributed by atoms with E-state index in [1.165, 1.54) is 0 Å². The molecule has 1 aliphatic rings. The van der Waals surface area contributed by atoms with Gasteiger partial charge >= 0.3 is 5.97 Å². The van der Waals surface area contributed by atoms with Crippen molar-refractivity contribution in [2.24, 2.45) is 0 Å². The van der Waals surface area contributed by atoms with E-state index in [1.807, 2.05) is 36.4 Å². The summed E-state index contributed by atoms with van der Waals surface area (Å²) in [6, 6.07) is 13.4. The van der Waals surface area contributed by atoms with Gasteiger partial charge in [-0.15, -0.1) is 0 Å². The lowest BCUT2D eigenvalue weighted by molar-refractivity contribution is 0.0233. The molecular formula is C18H15IN2O3S. The van der Waals surface area contributed by atoms with Crippen LogP contribution in [-0.4, -0.2) is 37.3 Å². The number of hydrogen-bond acceptors (Lipinski definition) is 6. The van der Waals surface area contributed by atoms with Crippen LogP contribution in [0.1, 0.15) is 10.4 Å². The fourth-order valence-corrected chi connectivity index (χ4v) is 4.33. The first-order chi connectivity index (χ1) is 12.2. The van der Waals surface area contributed by atoms with Gasteiger partial charge in [0.2, 0.25) is 0 Å². The van der Waals surface area contributed by atoms with E-state index in [9.17, 15) is 4.79 Å². The molecular weight excluding hydrogens is 451 g/mol. The van der Waals surface area contributed by atoms with E-state index < -0.39 is 0 Å². The van der Waals surface area contributed by atoms with Crippen molar-refractivity contribution >= 4 is 55.2 Å². The third-order valence-electron chi connectivity index (χ3n) is 4.08. The number of hydrogen-bond donors (Lipinski definition) is 0. The zero-order chi connectivity index (χ0) is 17.4. The molecule has 2 aromatic carbocycles. The topological polar surface area (TPSA) is 51.7 Å². The molecule has 0 atom stereocenters. The van der Waals surface area contributed by atoms with Gasteiger partial charge in [0, 0.05) is 3.57 Å². The highest BCUT2D eigenvalue weighted by Gasteiger charge is 2.32. The van der Waals surface area contributed by atoms with Crippen LogP contribution in [0.15, 0.2) is 42.5 Å². The maximum atomic E-state index is 12.3. The Morgan fingerprint density at radius 2 is 2.04 bits per heavy atom. The average Bonchev–Trinajstić information content (AvgIpc) is 3.01. The second-order valence-corrected chi connectivity index (χ2v) is 7.89. The minimum absolute atomic E-state index is 0.0996. The smallest absolute Gasteiger partial charge is 0.339 e. The van der Waals surface area contributed by atoms with Crippen LogP contribution in [0.2, 0.25) is 0 Å². The lowest BCUT2D eigenvalue weighted by atomic mass is 10.2. The van der Waals surface area contributed by atoms with E-state index in [0.717, 1.165) is 24.7 Å². The Hall–Kier alpha value is -1.87. The fourth-order valence-electron chi connectivity index (χ4n) is 2.72. The van der Waals surface area contributed by atoms with Crippen LogP contribution in [0, 0.1) is 3.57 Å². The van der Waals surface area contributed by atoms with Crippen molar-refractivity contribution in [3.8, 4) is 5.75 Å². The third kappa shape index (κ3) is 3.18. The van der Waals surface area contributed by atoms with E-state index in [-0.39, 0.29) is 12.1 Å². The lowest BCUT2D eigenvalue weighted by Crippen LogP contribution is -2.53. The summed E-state index contributed by atoms with van der Waals surface area (Å²) in [5.74, 6) is 0.516. The van der Waals surface area contributed by atoms with Crippen LogP contribution in [0.3, 0.4) is 0 Å². The van der Waals surface area contributed by atoms with E-state index in [1.54, 1.807) is 24.5 Å². The number of esters is 1. The van der Waals surface area contributed by atoms with Crippen LogP contribution in [0.5, 0.6) is 5.75 Å². The van der Waals surface area contributed by atoms with Crippen molar-refractivity contribution in [3.05, 3.63) is 51.6 Å². The first kappa shape index (κ1) is 16.6. The van der Waals surface area contributed by atoms with Gasteiger partial charge in [-0.3, -0.25) is 0 Å². The van der Waals surface area contributed by atoms with Crippen molar-refractivity contribution in [1.82, 2.24) is 4.98 Å². The first-order valence-electron chi connectivity index (χ1n) is 7.79. The Morgan fingerprint density at radius 1 is 1.24 bits per heavy atom. The Bertz CT molecular complexity index is 937. The van der Waals surface area contributed by atoms with Crippen LogP contribution in [0.4, 0.5) is 5.13 Å². The molecule has 0 aliphatic carbocycles. The molecule has 0 unspecified atom stereocenters. The fraction of sp³-hybridized carbons (Fsp3) is 0.222. The van der Waals surface area contributed by atoms with Crippen molar-refractivity contribution in [2.75, 3.05) is 25.1 Å². The predicted octanol–water partition coefficient (Wildman–Crippen LogP) is 3.96.